The number of nitrogens with one attached hydrogen (secondary N) is 1. The molecule has 4 rings (SSSR count). The molecule has 1 aliphatic heterocycles. The van der Waals surface area contributed by atoms with Crippen LogP contribution in [0.15, 0.2) is 66.7 Å². The van der Waals surface area contributed by atoms with Gasteiger partial charge in [-0.2, -0.15) is 0 Å². The molecule has 210 valence electrons. The second-order valence-electron chi connectivity index (χ2n) is 9.73. The maximum absolute atomic E-state index is 12.2. The lowest BCUT2D eigenvalue weighted by Crippen LogP contribution is -2.38. The van der Waals surface area contributed by atoms with Crippen molar-refractivity contribution < 1.29 is 27.4 Å². The SMILES string of the molecule is COC(=O)c1ccc(C(OC2CCN(CCCOc3ccccc3NS(C)(=O)=O)CC2)c2ccccc2)n1C. The number of hydrogen-bond acceptors (Lipinski definition) is 7. The number of aromatic nitrogens is 1. The van der Waals surface area contributed by atoms with Crippen molar-refractivity contribution in [1.82, 2.24) is 9.47 Å². The van der Waals surface area contributed by atoms with Gasteiger partial charge >= 0.3 is 5.97 Å². The highest BCUT2D eigenvalue weighted by atomic mass is 32.2. The zero-order chi connectivity index (χ0) is 27.8. The van der Waals surface area contributed by atoms with Crippen molar-refractivity contribution in [1.29, 1.82) is 0 Å². The van der Waals surface area contributed by atoms with E-state index in [-0.39, 0.29) is 18.2 Å². The summed E-state index contributed by atoms with van der Waals surface area (Å²) >= 11 is 0. The van der Waals surface area contributed by atoms with E-state index in [1.807, 2.05) is 54.1 Å². The highest BCUT2D eigenvalue weighted by Gasteiger charge is 2.27. The highest BCUT2D eigenvalue weighted by molar-refractivity contribution is 7.92. The van der Waals surface area contributed by atoms with E-state index in [2.05, 4.69) is 9.62 Å². The molecule has 0 spiro atoms. The van der Waals surface area contributed by atoms with E-state index in [1.54, 1.807) is 24.3 Å². The minimum absolute atomic E-state index is 0.0909. The number of likely N-dealkylation sites (tertiary alicyclic amines) is 1. The van der Waals surface area contributed by atoms with Crippen LogP contribution >= 0.6 is 0 Å². The monoisotopic (exact) mass is 555 g/mol. The summed E-state index contributed by atoms with van der Waals surface area (Å²) in [7, 11) is -0.129. The molecule has 39 heavy (non-hydrogen) atoms. The number of nitrogens with zero attached hydrogens (tertiary/aromatic N) is 2. The average molecular weight is 556 g/mol. The molecule has 2 heterocycles. The summed E-state index contributed by atoms with van der Waals surface area (Å²) in [6.07, 6.45) is 3.55. The van der Waals surface area contributed by atoms with Gasteiger partial charge in [0.2, 0.25) is 10.0 Å². The van der Waals surface area contributed by atoms with Gasteiger partial charge in [0.25, 0.3) is 0 Å². The molecule has 0 aliphatic carbocycles. The minimum Gasteiger partial charge on any atom is -0.491 e. The molecule has 1 aliphatic rings. The van der Waals surface area contributed by atoms with Gasteiger partial charge in [0.1, 0.15) is 17.5 Å². The average Bonchev–Trinajstić information content (AvgIpc) is 3.31. The number of benzene rings is 2. The molecule has 0 radical (unpaired) electrons. The van der Waals surface area contributed by atoms with E-state index in [0.717, 1.165) is 56.4 Å². The Labute approximate surface area is 230 Å². The molecule has 2 aromatic carbocycles. The summed E-state index contributed by atoms with van der Waals surface area (Å²) in [6.45, 7) is 3.21. The molecule has 1 N–H and O–H groups in total. The first-order valence-corrected chi connectivity index (χ1v) is 15.0. The van der Waals surface area contributed by atoms with Crippen molar-refractivity contribution in [3.05, 3.63) is 83.7 Å². The number of carbonyl (C=O) groups is 1. The Morgan fingerprint density at radius 1 is 1.03 bits per heavy atom. The number of carbonyl (C=O) groups excluding carboxylic acids is 1. The third kappa shape index (κ3) is 7.84. The van der Waals surface area contributed by atoms with E-state index >= 15 is 0 Å². The Morgan fingerprint density at radius 3 is 2.41 bits per heavy atom. The molecule has 1 aromatic heterocycles. The molecule has 1 saturated heterocycles. The molecule has 1 atom stereocenters. The van der Waals surface area contributed by atoms with E-state index in [1.165, 1.54) is 7.11 Å². The first-order valence-electron chi connectivity index (χ1n) is 13.1. The minimum atomic E-state index is -3.38. The number of hydrogen-bond donors (Lipinski definition) is 1. The topological polar surface area (TPSA) is 99.1 Å². The molecular weight excluding hydrogens is 518 g/mol. The number of para-hydroxylation sites is 2. The molecule has 0 amide bonds. The van der Waals surface area contributed by atoms with E-state index < -0.39 is 10.0 Å². The second kappa shape index (κ2) is 13.1. The fourth-order valence-corrected chi connectivity index (χ4v) is 5.42. The van der Waals surface area contributed by atoms with Gasteiger partial charge in [-0.3, -0.25) is 4.72 Å². The second-order valence-corrected chi connectivity index (χ2v) is 11.5. The third-order valence-electron chi connectivity index (χ3n) is 6.85. The van der Waals surface area contributed by atoms with Crippen LogP contribution in [0.5, 0.6) is 5.75 Å². The lowest BCUT2D eigenvalue weighted by molar-refractivity contribution is -0.0298. The van der Waals surface area contributed by atoms with Crippen molar-refractivity contribution in [3.63, 3.8) is 0 Å². The number of piperidine rings is 1. The highest BCUT2D eigenvalue weighted by Crippen LogP contribution is 2.31. The Balaban J connectivity index is 1.30. The van der Waals surface area contributed by atoms with Crippen molar-refractivity contribution in [2.24, 2.45) is 7.05 Å². The maximum Gasteiger partial charge on any atom is 0.354 e. The molecule has 10 heteroatoms. The van der Waals surface area contributed by atoms with Crippen LogP contribution in [-0.2, 0) is 26.5 Å². The summed E-state index contributed by atoms with van der Waals surface area (Å²) in [6, 6.07) is 20.8. The van der Waals surface area contributed by atoms with Gasteiger partial charge in [-0.25, -0.2) is 13.2 Å². The van der Waals surface area contributed by atoms with E-state index in [9.17, 15) is 13.2 Å². The molecule has 0 bridgehead atoms. The van der Waals surface area contributed by atoms with Crippen molar-refractivity contribution in [3.8, 4) is 5.75 Å². The summed E-state index contributed by atoms with van der Waals surface area (Å²) in [4.78, 5) is 14.6. The van der Waals surface area contributed by atoms with Crippen LogP contribution in [0.4, 0.5) is 5.69 Å². The van der Waals surface area contributed by atoms with Gasteiger partial charge in [-0.15, -0.1) is 0 Å². The zero-order valence-electron chi connectivity index (χ0n) is 22.7. The number of methoxy groups -OCH3 is 1. The third-order valence-corrected chi connectivity index (χ3v) is 7.44. The maximum atomic E-state index is 12.2. The number of ether oxygens (including phenoxy) is 3. The number of anilines is 1. The van der Waals surface area contributed by atoms with Gasteiger partial charge in [0, 0.05) is 26.7 Å². The number of esters is 1. The summed E-state index contributed by atoms with van der Waals surface area (Å²) < 4.78 is 45.0. The van der Waals surface area contributed by atoms with E-state index in [4.69, 9.17) is 14.2 Å². The van der Waals surface area contributed by atoms with Crippen LogP contribution < -0.4 is 9.46 Å². The van der Waals surface area contributed by atoms with Gasteiger partial charge in [0.05, 0.1) is 37.5 Å². The number of rotatable bonds is 12. The van der Waals surface area contributed by atoms with Gasteiger partial charge in [-0.1, -0.05) is 42.5 Å². The molecule has 9 nitrogen and oxygen atoms in total. The lowest BCUT2D eigenvalue weighted by Gasteiger charge is -2.34. The van der Waals surface area contributed by atoms with Gasteiger partial charge in [-0.05, 0) is 49.1 Å². The lowest BCUT2D eigenvalue weighted by atomic mass is 10.0. The van der Waals surface area contributed by atoms with Crippen LogP contribution in [0.1, 0.15) is 47.1 Å². The Bertz CT molecular complexity index is 1330. The van der Waals surface area contributed by atoms with Crippen molar-refractivity contribution in [2.75, 3.05) is 44.3 Å². The molecular formula is C29H37N3O6S. The first kappa shape index (κ1) is 28.7. The van der Waals surface area contributed by atoms with Crippen molar-refractivity contribution in [2.45, 2.75) is 31.5 Å². The standard InChI is InChI=1S/C29H37N3O6S/c1-31-25(14-15-26(31)29(33)36-2)28(22-10-5-4-6-11-22)38-23-16-19-32(20-17-23)18-9-21-37-27-13-8-7-12-24(27)30-39(3,34)35/h4-8,10-15,23,28,30H,9,16-21H2,1-3H3. The predicted molar refractivity (Wildman–Crippen MR) is 151 cm³/mol. The van der Waals surface area contributed by atoms with Crippen LogP contribution in [0.2, 0.25) is 0 Å². The Morgan fingerprint density at radius 2 is 1.72 bits per heavy atom. The zero-order valence-corrected chi connectivity index (χ0v) is 23.5. The molecule has 3 aromatic rings. The fraction of sp³-hybridized carbons (Fsp3) is 0.414. The van der Waals surface area contributed by atoms with Crippen LogP contribution in [0.3, 0.4) is 0 Å². The quantitative estimate of drug-likeness (QED) is 0.264. The predicted octanol–water partition coefficient (Wildman–Crippen LogP) is 4.22. The van der Waals surface area contributed by atoms with Crippen LogP contribution in [0.25, 0.3) is 0 Å². The van der Waals surface area contributed by atoms with Crippen molar-refractivity contribution >= 4 is 21.7 Å². The van der Waals surface area contributed by atoms with Gasteiger partial charge < -0.3 is 23.7 Å². The summed E-state index contributed by atoms with van der Waals surface area (Å²) in [5, 5.41) is 0. The fourth-order valence-electron chi connectivity index (χ4n) is 4.85. The summed E-state index contributed by atoms with van der Waals surface area (Å²) in [5.74, 6) is 0.154. The molecule has 1 unspecified atom stereocenters. The normalized spacial score (nSPS) is 15.6. The molecule has 0 saturated carbocycles. The Kier molecular flexibility index (Phi) is 9.66. The summed E-state index contributed by atoms with van der Waals surface area (Å²) in [5.41, 5.74) is 2.89. The smallest absolute Gasteiger partial charge is 0.354 e. The largest absolute Gasteiger partial charge is 0.491 e. The van der Waals surface area contributed by atoms with Crippen LogP contribution in [0, 0.1) is 0 Å². The first-order chi connectivity index (χ1) is 18.7. The number of sulfonamides is 1. The Hall–Kier alpha value is -3.34. The van der Waals surface area contributed by atoms with E-state index in [0.29, 0.717) is 23.7 Å². The van der Waals surface area contributed by atoms with Gasteiger partial charge in [0.15, 0.2) is 0 Å². The van der Waals surface area contributed by atoms with Crippen LogP contribution in [-0.4, -0.2) is 69.6 Å². The molecule has 1 fully saturated rings.